The third kappa shape index (κ3) is 9.59. The lowest BCUT2D eigenvalue weighted by molar-refractivity contribution is -0.111. The standard InChI is InChI=1S/C31H31ClO7P2/c32-30(33)21-31(40(34,36-22-26-13-5-1-6-14-26)37-23-27-15-7-2-8-16-27)41(35,38-24-28-17-9-3-10-18-28)39-25-29-19-11-4-12-20-29/h1-20,31H,21-25H2. The number of carbonyl (C=O) groups excluding carboxylic acids is 1. The van der Waals surface area contributed by atoms with Crippen molar-refractivity contribution >= 4 is 32.0 Å². The van der Waals surface area contributed by atoms with E-state index in [9.17, 15) is 13.9 Å². The van der Waals surface area contributed by atoms with E-state index in [4.69, 9.17) is 29.7 Å². The predicted molar refractivity (Wildman–Crippen MR) is 159 cm³/mol. The first-order valence-electron chi connectivity index (χ1n) is 13.0. The van der Waals surface area contributed by atoms with E-state index in [1.165, 1.54) is 0 Å². The van der Waals surface area contributed by atoms with E-state index in [1.807, 2.05) is 72.8 Å². The highest BCUT2D eigenvalue weighted by atomic mass is 35.5. The van der Waals surface area contributed by atoms with Gasteiger partial charge in [0.25, 0.3) is 0 Å². The van der Waals surface area contributed by atoms with Crippen LogP contribution in [0, 0.1) is 0 Å². The summed E-state index contributed by atoms with van der Waals surface area (Å²) in [6, 6.07) is 36.2. The summed E-state index contributed by atoms with van der Waals surface area (Å²) in [6.07, 6.45) is -0.622. The van der Waals surface area contributed by atoms with Crippen molar-refractivity contribution in [3.63, 3.8) is 0 Å². The Bertz CT molecular complexity index is 1260. The van der Waals surface area contributed by atoms with Gasteiger partial charge in [-0.1, -0.05) is 121 Å². The number of carbonyl (C=O) groups is 1. The maximum atomic E-state index is 14.7. The summed E-state index contributed by atoms with van der Waals surface area (Å²) >= 11 is 5.85. The Hall–Kier alpha value is -2.86. The third-order valence-electron chi connectivity index (χ3n) is 6.09. The number of rotatable bonds is 16. The fourth-order valence-electron chi connectivity index (χ4n) is 3.91. The molecule has 4 aromatic rings. The minimum atomic E-state index is -4.40. The highest BCUT2D eigenvalue weighted by molar-refractivity contribution is 7.72. The summed E-state index contributed by atoms with van der Waals surface area (Å²) < 4.78 is 53.1. The van der Waals surface area contributed by atoms with Crippen molar-refractivity contribution in [3.05, 3.63) is 144 Å². The Morgan fingerprint density at radius 2 is 0.756 bits per heavy atom. The largest absolute Gasteiger partial charge is 0.346 e. The highest BCUT2D eigenvalue weighted by Crippen LogP contribution is 2.72. The van der Waals surface area contributed by atoms with Gasteiger partial charge >= 0.3 is 15.2 Å². The van der Waals surface area contributed by atoms with Gasteiger partial charge in [-0.2, -0.15) is 0 Å². The van der Waals surface area contributed by atoms with E-state index < -0.39 is 32.3 Å². The first kappa shape index (κ1) is 31.1. The maximum absolute atomic E-state index is 14.7. The Labute approximate surface area is 245 Å². The molecule has 0 aliphatic heterocycles. The lowest BCUT2D eigenvalue weighted by Crippen LogP contribution is -2.20. The van der Waals surface area contributed by atoms with Crippen LogP contribution in [0.15, 0.2) is 121 Å². The van der Waals surface area contributed by atoms with E-state index in [1.54, 1.807) is 48.5 Å². The van der Waals surface area contributed by atoms with E-state index in [2.05, 4.69) is 0 Å². The van der Waals surface area contributed by atoms with Gasteiger partial charge < -0.3 is 18.1 Å². The molecule has 0 aromatic heterocycles. The van der Waals surface area contributed by atoms with Gasteiger partial charge in [0, 0.05) is 6.42 Å². The second kappa shape index (κ2) is 15.4. The zero-order valence-electron chi connectivity index (χ0n) is 22.3. The number of benzene rings is 4. The molecule has 0 N–H and O–H groups in total. The van der Waals surface area contributed by atoms with E-state index in [0.717, 1.165) is 0 Å². The summed E-state index contributed by atoms with van der Waals surface area (Å²) in [5, 5.41) is -2.51. The Morgan fingerprint density at radius 1 is 0.512 bits per heavy atom. The summed E-state index contributed by atoms with van der Waals surface area (Å²) in [6.45, 7) is -0.511. The van der Waals surface area contributed by atoms with Crippen LogP contribution < -0.4 is 0 Å². The summed E-state index contributed by atoms with van der Waals surface area (Å²) in [5.41, 5.74) is 2.82. The van der Waals surface area contributed by atoms with Gasteiger partial charge in [0.05, 0.1) is 26.4 Å². The molecule has 0 atom stereocenters. The molecule has 41 heavy (non-hydrogen) atoms. The molecule has 0 bridgehead atoms. The van der Waals surface area contributed by atoms with Crippen LogP contribution in [0.5, 0.6) is 0 Å². The first-order valence-corrected chi connectivity index (χ1v) is 16.6. The van der Waals surface area contributed by atoms with Crippen molar-refractivity contribution in [2.24, 2.45) is 0 Å². The second-order valence-electron chi connectivity index (χ2n) is 9.16. The number of hydrogen-bond donors (Lipinski definition) is 0. The SMILES string of the molecule is O=C(Cl)CC(P(=O)(OCc1ccccc1)OCc1ccccc1)P(=O)(OCc1ccccc1)OCc1ccccc1. The van der Waals surface area contributed by atoms with Gasteiger partial charge in [0.2, 0.25) is 5.24 Å². The normalized spacial score (nSPS) is 12.0. The van der Waals surface area contributed by atoms with Gasteiger partial charge in [0.1, 0.15) is 0 Å². The Morgan fingerprint density at radius 3 is 0.976 bits per heavy atom. The topological polar surface area (TPSA) is 88.1 Å². The molecule has 0 aliphatic carbocycles. The Balaban J connectivity index is 1.70. The fourth-order valence-corrected chi connectivity index (χ4v) is 9.40. The molecule has 0 heterocycles. The summed E-state index contributed by atoms with van der Waals surface area (Å²) in [4.78, 5) is 12.3. The predicted octanol–water partition coefficient (Wildman–Crippen LogP) is 8.72. The molecule has 0 saturated heterocycles. The van der Waals surface area contributed by atoms with Gasteiger partial charge in [-0.25, -0.2) is 0 Å². The quantitative estimate of drug-likeness (QED) is 0.0923. The van der Waals surface area contributed by atoms with Crippen molar-refractivity contribution in [2.75, 3.05) is 0 Å². The van der Waals surface area contributed by atoms with Crippen molar-refractivity contribution in [2.45, 2.75) is 38.2 Å². The molecule has 4 aromatic carbocycles. The van der Waals surface area contributed by atoms with Crippen LogP contribution in [0.3, 0.4) is 0 Å². The molecule has 214 valence electrons. The summed E-state index contributed by atoms with van der Waals surface area (Å²) in [5.74, 6) is 0. The molecular formula is C31H31ClO7P2. The van der Waals surface area contributed by atoms with Gasteiger partial charge in [-0.15, -0.1) is 0 Å². The Kier molecular flexibility index (Phi) is 11.7. The second-order valence-corrected chi connectivity index (χ2v) is 14.4. The zero-order valence-corrected chi connectivity index (χ0v) is 24.8. The van der Waals surface area contributed by atoms with Crippen LogP contribution in [0.25, 0.3) is 0 Å². The van der Waals surface area contributed by atoms with Crippen molar-refractivity contribution in [1.82, 2.24) is 0 Å². The van der Waals surface area contributed by atoms with Gasteiger partial charge in [-0.05, 0) is 33.9 Å². The third-order valence-corrected chi connectivity index (χ3v) is 11.7. The zero-order chi connectivity index (χ0) is 29.0. The van der Waals surface area contributed by atoms with Gasteiger partial charge in [0.15, 0.2) is 5.40 Å². The van der Waals surface area contributed by atoms with E-state index >= 15 is 0 Å². The molecule has 0 aliphatic rings. The van der Waals surface area contributed by atoms with Crippen LogP contribution in [-0.2, 0) is 58.4 Å². The molecule has 0 saturated carbocycles. The lowest BCUT2D eigenvalue weighted by atomic mass is 10.2. The minimum Gasteiger partial charge on any atom is -0.303 e. The van der Waals surface area contributed by atoms with Crippen molar-refractivity contribution in [1.29, 1.82) is 0 Å². The van der Waals surface area contributed by atoms with Crippen molar-refractivity contribution in [3.8, 4) is 0 Å². The minimum absolute atomic E-state index is 0.128. The first-order chi connectivity index (χ1) is 19.9. The van der Waals surface area contributed by atoms with Crippen LogP contribution >= 0.6 is 26.8 Å². The molecule has 4 rings (SSSR count). The van der Waals surface area contributed by atoms with E-state index in [-0.39, 0.29) is 26.4 Å². The molecule has 0 amide bonds. The smallest absolute Gasteiger partial charge is 0.303 e. The van der Waals surface area contributed by atoms with Crippen molar-refractivity contribution < 1.29 is 32.0 Å². The van der Waals surface area contributed by atoms with Gasteiger partial charge in [-0.3, -0.25) is 13.9 Å². The van der Waals surface area contributed by atoms with Crippen LogP contribution in [0.1, 0.15) is 28.7 Å². The van der Waals surface area contributed by atoms with Crippen LogP contribution in [-0.4, -0.2) is 10.6 Å². The number of halogens is 1. The number of hydrogen-bond acceptors (Lipinski definition) is 7. The summed E-state index contributed by atoms with van der Waals surface area (Å²) in [7, 11) is -8.79. The average molecular weight is 613 g/mol. The molecule has 7 nitrogen and oxygen atoms in total. The van der Waals surface area contributed by atoms with Crippen LogP contribution in [0.2, 0.25) is 0 Å². The van der Waals surface area contributed by atoms with E-state index in [0.29, 0.717) is 22.3 Å². The molecule has 0 spiro atoms. The molecular weight excluding hydrogens is 582 g/mol. The highest BCUT2D eigenvalue weighted by Gasteiger charge is 2.52. The molecule has 10 heteroatoms. The maximum Gasteiger partial charge on any atom is 0.346 e. The molecule has 0 radical (unpaired) electrons. The average Bonchev–Trinajstić information content (AvgIpc) is 3.02. The molecule has 0 fully saturated rings. The lowest BCUT2D eigenvalue weighted by Gasteiger charge is -2.31. The van der Waals surface area contributed by atoms with Crippen LogP contribution in [0.4, 0.5) is 0 Å². The fraction of sp³-hybridized carbons (Fsp3) is 0.194. The monoisotopic (exact) mass is 612 g/mol. The molecule has 0 unspecified atom stereocenters.